The molecule has 0 bridgehead atoms. The molecule has 0 radical (unpaired) electrons. The van der Waals surface area contributed by atoms with Gasteiger partial charge in [-0.05, 0) is 13.0 Å². The van der Waals surface area contributed by atoms with Gasteiger partial charge in [0.05, 0.1) is 6.04 Å². The molecule has 0 aliphatic heterocycles. The SMILES string of the molecule is CN[C@H](C(=O)S)C(C)C. The van der Waals surface area contributed by atoms with Crippen molar-refractivity contribution in [2.24, 2.45) is 5.92 Å². The van der Waals surface area contributed by atoms with E-state index in [9.17, 15) is 4.79 Å². The summed E-state index contributed by atoms with van der Waals surface area (Å²) in [4.78, 5) is 10.6. The van der Waals surface area contributed by atoms with E-state index in [1.165, 1.54) is 0 Å². The van der Waals surface area contributed by atoms with E-state index >= 15 is 0 Å². The van der Waals surface area contributed by atoms with Crippen LogP contribution in [0.2, 0.25) is 0 Å². The molecule has 1 N–H and O–H groups in total. The molecule has 0 amide bonds. The minimum Gasteiger partial charge on any atom is -0.310 e. The average Bonchev–Trinajstić information content (AvgIpc) is 1.64. The third-order valence-corrected chi connectivity index (χ3v) is 1.52. The molecule has 2 nitrogen and oxygen atoms in total. The van der Waals surface area contributed by atoms with Crippen molar-refractivity contribution in [1.29, 1.82) is 0 Å². The fraction of sp³-hybridized carbons (Fsp3) is 0.833. The Morgan fingerprint density at radius 2 is 2.00 bits per heavy atom. The molecule has 0 saturated heterocycles. The molecule has 0 aliphatic carbocycles. The van der Waals surface area contributed by atoms with Crippen LogP contribution < -0.4 is 5.32 Å². The summed E-state index contributed by atoms with van der Waals surface area (Å²) in [5.41, 5.74) is 0. The Bertz CT molecular complexity index is 103. The Kier molecular flexibility index (Phi) is 3.89. The van der Waals surface area contributed by atoms with Gasteiger partial charge in [-0.3, -0.25) is 4.79 Å². The maximum absolute atomic E-state index is 10.6. The van der Waals surface area contributed by atoms with Crippen molar-refractivity contribution in [3.63, 3.8) is 0 Å². The van der Waals surface area contributed by atoms with Crippen LogP contribution in [-0.4, -0.2) is 18.2 Å². The first-order chi connectivity index (χ1) is 4.09. The lowest BCUT2D eigenvalue weighted by molar-refractivity contribution is -0.113. The van der Waals surface area contributed by atoms with E-state index in [4.69, 9.17) is 0 Å². The Balaban J connectivity index is 3.83. The number of nitrogens with one attached hydrogen (secondary N) is 1. The molecular formula is C6H13NOS. The lowest BCUT2D eigenvalue weighted by atomic mass is 10.1. The highest BCUT2D eigenvalue weighted by molar-refractivity contribution is 7.96. The van der Waals surface area contributed by atoms with E-state index in [2.05, 4.69) is 17.9 Å². The normalized spacial score (nSPS) is 13.9. The van der Waals surface area contributed by atoms with Gasteiger partial charge < -0.3 is 5.32 Å². The Morgan fingerprint density at radius 1 is 1.56 bits per heavy atom. The van der Waals surface area contributed by atoms with E-state index in [1.807, 2.05) is 13.8 Å². The number of hydrogen-bond donors (Lipinski definition) is 2. The van der Waals surface area contributed by atoms with Gasteiger partial charge in [-0.25, -0.2) is 0 Å². The van der Waals surface area contributed by atoms with E-state index in [-0.39, 0.29) is 11.2 Å². The zero-order valence-electron chi connectivity index (χ0n) is 6.01. The molecule has 0 unspecified atom stereocenters. The van der Waals surface area contributed by atoms with Crippen molar-refractivity contribution in [3.8, 4) is 0 Å². The predicted octanol–water partition coefficient (Wildman–Crippen LogP) is 0.687. The van der Waals surface area contributed by atoms with E-state index < -0.39 is 0 Å². The van der Waals surface area contributed by atoms with Crippen LogP contribution in [0.4, 0.5) is 0 Å². The van der Waals surface area contributed by atoms with Crippen LogP contribution in [0.3, 0.4) is 0 Å². The number of likely N-dealkylation sites (N-methyl/N-ethyl adjacent to an activating group) is 1. The topological polar surface area (TPSA) is 29.1 Å². The summed E-state index contributed by atoms with van der Waals surface area (Å²) in [5, 5.41) is 2.78. The van der Waals surface area contributed by atoms with E-state index in [0.717, 1.165) is 0 Å². The van der Waals surface area contributed by atoms with Crippen molar-refractivity contribution in [2.75, 3.05) is 7.05 Å². The fourth-order valence-electron chi connectivity index (χ4n) is 0.742. The molecule has 0 aromatic rings. The van der Waals surface area contributed by atoms with Crippen LogP contribution in [0.15, 0.2) is 0 Å². The van der Waals surface area contributed by atoms with E-state index in [1.54, 1.807) is 7.05 Å². The molecule has 3 heteroatoms. The summed E-state index contributed by atoms with van der Waals surface area (Å²) >= 11 is 3.71. The first-order valence-electron chi connectivity index (χ1n) is 2.99. The molecule has 0 aliphatic rings. The minimum atomic E-state index is -0.103. The monoisotopic (exact) mass is 147 g/mol. The standard InChI is InChI=1S/C6H13NOS/c1-4(2)5(7-3)6(8)9/h4-5,7H,1-3H3,(H,8,9)/t5-/m0/s1. The maximum Gasteiger partial charge on any atom is 0.203 e. The van der Waals surface area contributed by atoms with Crippen LogP contribution in [0.25, 0.3) is 0 Å². The van der Waals surface area contributed by atoms with Gasteiger partial charge in [-0.2, -0.15) is 0 Å². The number of hydrogen-bond acceptors (Lipinski definition) is 2. The number of thiol groups is 1. The van der Waals surface area contributed by atoms with Crippen LogP contribution in [0, 0.1) is 5.92 Å². The lowest BCUT2D eigenvalue weighted by Gasteiger charge is -2.14. The van der Waals surface area contributed by atoms with Gasteiger partial charge >= 0.3 is 0 Å². The predicted molar refractivity (Wildman–Crippen MR) is 41.7 cm³/mol. The van der Waals surface area contributed by atoms with Gasteiger partial charge in [0.2, 0.25) is 5.12 Å². The van der Waals surface area contributed by atoms with Crippen molar-refractivity contribution < 1.29 is 4.79 Å². The van der Waals surface area contributed by atoms with Gasteiger partial charge in [0.25, 0.3) is 0 Å². The molecule has 0 spiro atoms. The lowest BCUT2D eigenvalue weighted by Crippen LogP contribution is -2.35. The molecular weight excluding hydrogens is 134 g/mol. The van der Waals surface area contributed by atoms with Crippen molar-refractivity contribution in [1.82, 2.24) is 5.32 Å². The second kappa shape index (κ2) is 3.90. The summed E-state index contributed by atoms with van der Waals surface area (Å²) in [6, 6.07) is -0.103. The van der Waals surface area contributed by atoms with E-state index in [0.29, 0.717) is 5.92 Å². The first kappa shape index (κ1) is 8.98. The third kappa shape index (κ3) is 2.87. The zero-order valence-corrected chi connectivity index (χ0v) is 6.90. The van der Waals surface area contributed by atoms with Crippen LogP contribution in [0.5, 0.6) is 0 Å². The average molecular weight is 147 g/mol. The smallest absolute Gasteiger partial charge is 0.203 e. The largest absolute Gasteiger partial charge is 0.310 e. The molecule has 54 valence electrons. The van der Waals surface area contributed by atoms with Crippen molar-refractivity contribution >= 4 is 17.7 Å². The Morgan fingerprint density at radius 3 is 2.00 bits per heavy atom. The summed E-state index contributed by atoms with van der Waals surface area (Å²) in [5.74, 6) is 0.319. The highest BCUT2D eigenvalue weighted by atomic mass is 32.1. The number of carbonyl (C=O) groups is 1. The second-order valence-electron chi connectivity index (χ2n) is 2.35. The van der Waals surface area contributed by atoms with Crippen molar-refractivity contribution in [3.05, 3.63) is 0 Å². The van der Waals surface area contributed by atoms with Gasteiger partial charge in [-0.1, -0.05) is 13.8 Å². The highest BCUT2D eigenvalue weighted by Crippen LogP contribution is 2.03. The van der Waals surface area contributed by atoms with Gasteiger partial charge in [-0.15, -0.1) is 12.6 Å². The van der Waals surface area contributed by atoms with Crippen molar-refractivity contribution in [2.45, 2.75) is 19.9 Å². The summed E-state index contributed by atoms with van der Waals surface area (Å²) in [7, 11) is 1.76. The molecule has 0 saturated carbocycles. The molecule has 0 heterocycles. The number of rotatable bonds is 3. The quantitative estimate of drug-likeness (QED) is 0.575. The first-order valence-corrected chi connectivity index (χ1v) is 3.44. The Hall–Kier alpha value is -0.0200. The molecule has 1 atom stereocenters. The highest BCUT2D eigenvalue weighted by Gasteiger charge is 2.15. The maximum atomic E-state index is 10.6. The molecule has 0 fully saturated rings. The third-order valence-electron chi connectivity index (χ3n) is 1.24. The second-order valence-corrected chi connectivity index (χ2v) is 2.79. The molecule has 0 aromatic carbocycles. The minimum absolute atomic E-state index is 0.0903. The van der Waals surface area contributed by atoms with Crippen LogP contribution in [0.1, 0.15) is 13.8 Å². The summed E-state index contributed by atoms with van der Waals surface area (Å²) in [6.07, 6.45) is 0. The summed E-state index contributed by atoms with van der Waals surface area (Å²) in [6.45, 7) is 3.96. The van der Waals surface area contributed by atoms with Gasteiger partial charge in [0, 0.05) is 0 Å². The summed E-state index contributed by atoms with van der Waals surface area (Å²) < 4.78 is 0. The molecule has 9 heavy (non-hydrogen) atoms. The number of carbonyl (C=O) groups excluding carboxylic acids is 1. The zero-order chi connectivity index (χ0) is 7.44. The van der Waals surface area contributed by atoms with Crippen LogP contribution in [-0.2, 0) is 4.79 Å². The fourth-order valence-corrected chi connectivity index (χ4v) is 1.17. The Labute approximate surface area is 61.4 Å². The van der Waals surface area contributed by atoms with Gasteiger partial charge in [0.15, 0.2) is 0 Å². The van der Waals surface area contributed by atoms with Crippen LogP contribution >= 0.6 is 12.6 Å². The van der Waals surface area contributed by atoms with Gasteiger partial charge in [0.1, 0.15) is 0 Å². The molecule has 0 rings (SSSR count). The molecule has 0 aromatic heterocycles.